The van der Waals surface area contributed by atoms with Crippen molar-refractivity contribution in [2.24, 2.45) is 7.05 Å². The van der Waals surface area contributed by atoms with Gasteiger partial charge in [-0.3, -0.25) is 0 Å². The summed E-state index contributed by atoms with van der Waals surface area (Å²) in [5, 5.41) is 11.8. The van der Waals surface area contributed by atoms with Gasteiger partial charge in [0.1, 0.15) is 0 Å². The van der Waals surface area contributed by atoms with Crippen molar-refractivity contribution in [3.05, 3.63) is 94.7 Å². The van der Waals surface area contributed by atoms with Crippen LogP contribution in [0.15, 0.2) is 84.9 Å². The van der Waals surface area contributed by atoms with E-state index < -0.39 is 28.9 Å². The first kappa shape index (κ1) is 38.3. The monoisotopic (exact) mass is 857 g/mol. The fraction of sp³-hybridized carbons (Fsp3) is 0.318. The van der Waals surface area contributed by atoms with E-state index in [1.165, 1.54) is 89.5 Å². The van der Waals surface area contributed by atoms with E-state index in [0.29, 0.717) is 0 Å². The van der Waals surface area contributed by atoms with Crippen LogP contribution in [0.2, 0.25) is 12.6 Å². The van der Waals surface area contributed by atoms with Crippen molar-refractivity contribution in [3.8, 4) is 11.1 Å². The summed E-state index contributed by atoms with van der Waals surface area (Å²) >= 11 is 3.22. The van der Waals surface area contributed by atoms with Crippen LogP contribution in [0.3, 0.4) is 0 Å². The van der Waals surface area contributed by atoms with Gasteiger partial charge in [0.15, 0.2) is 0 Å². The molecule has 0 fully saturated rings. The molecule has 0 saturated heterocycles. The maximum atomic E-state index is 6.05. The average Bonchev–Trinajstić information content (AvgIpc) is 3.91. The molecule has 0 saturated carbocycles. The van der Waals surface area contributed by atoms with Gasteiger partial charge in [-0.25, -0.2) is 0 Å². The molecular formula is C44H47Cl2NOS2SiZr. The third-order valence-electron chi connectivity index (χ3n) is 10.7. The van der Waals surface area contributed by atoms with E-state index in [2.05, 4.69) is 138 Å². The molecule has 3 heterocycles. The van der Waals surface area contributed by atoms with E-state index in [0.717, 1.165) is 13.0 Å². The van der Waals surface area contributed by atoms with E-state index in [9.17, 15) is 0 Å². The standard InChI is InChI=1S/C44H47NOS2Si.2ClH.Zr/c1-28-25-36-37-26-29(2)48-42(37)43(41(36)47-28)49(7,24-13-9-8-12-23-46-44(3,4)5)40-22-20-32-31(16-14-17-34(32)40)30-19-21-39-35(27-30)33-15-10-11-18-38(33)45(39)6;;;/h10-11,14-22,25-27H,8-9,12-13,23-24H2,1-7H3;2*1H;/q-2;;;+4/p-2. The Labute approximate surface area is 336 Å². The molecule has 0 spiro atoms. The SMILES string of the molecule is Cc1cc2c3cc(C)sc3[c-]([Si](C)(CCCCCCOC(C)(C)C)[c-]3ccc4c(-c5ccc6c(c5)c5ccccc5n6C)cccc43)c2s1.[Cl][Zr+2][Cl]. The summed E-state index contributed by atoms with van der Waals surface area (Å²) in [5.74, 6) is 0. The first-order valence-electron chi connectivity index (χ1n) is 18.3. The van der Waals surface area contributed by atoms with E-state index in [1.54, 1.807) is 19.8 Å². The number of fused-ring (bicyclic) bond motifs is 7. The quantitative estimate of drug-likeness (QED) is 0.0759. The third kappa shape index (κ3) is 7.24. The third-order valence-corrected chi connectivity index (χ3v) is 17.8. The van der Waals surface area contributed by atoms with E-state index in [4.69, 9.17) is 21.8 Å². The molecule has 52 heavy (non-hydrogen) atoms. The van der Waals surface area contributed by atoms with Crippen LogP contribution in [0.1, 0.15) is 56.2 Å². The Bertz CT molecular complexity index is 2460. The summed E-state index contributed by atoms with van der Waals surface area (Å²) in [6.45, 7) is 14.6. The van der Waals surface area contributed by atoms with Crippen LogP contribution < -0.4 is 10.4 Å². The zero-order valence-electron chi connectivity index (χ0n) is 31.3. The summed E-state index contributed by atoms with van der Waals surface area (Å²) in [4.78, 5) is 2.84. The summed E-state index contributed by atoms with van der Waals surface area (Å²) in [6, 6.07) is 34.0. The zero-order chi connectivity index (χ0) is 36.8. The number of unbranched alkanes of at least 4 members (excludes halogenated alkanes) is 3. The van der Waals surface area contributed by atoms with Gasteiger partial charge in [-0.2, -0.15) is 45.6 Å². The number of para-hydroxylation sites is 1. The number of hydrogen-bond donors (Lipinski definition) is 0. The summed E-state index contributed by atoms with van der Waals surface area (Å²) in [7, 11) is 9.87. The Morgan fingerprint density at radius 3 is 2.10 bits per heavy atom. The normalized spacial score (nSPS) is 13.3. The minimum absolute atomic E-state index is 0.0595. The molecular weight excluding hydrogens is 813 g/mol. The second-order valence-corrected chi connectivity index (χ2v) is 25.9. The van der Waals surface area contributed by atoms with Crippen LogP contribution in [0, 0.1) is 13.8 Å². The van der Waals surface area contributed by atoms with Crippen molar-refractivity contribution >= 4 is 111 Å². The molecule has 0 bridgehead atoms. The predicted molar refractivity (Wildman–Crippen MR) is 233 cm³/mol. The van der Waals surface area contributed by atoms with Crippen LogP contribution >= 0.6 is 39.7 Å². The summed E-state index contributed by atoms with van der Waals surface area (Å²) in [5.41, 5.74) is 5.15. The van der Waals surface area contributed by atoms with Crippen molar-refractivity contribution in [2.75, 3.05) is 6.61 Å². The van der Waals surface area contributed by atoms with Crippen molar-refractivity contribution in [2.45, 2.75) is 78.5 Å². The molecule has 0 radical (unpaired) electrons. The number of thiophene rings is 2. The van der Waals surface area contributed by atoms with Crippen molar-refractivity contribution in [3.63, 3.8) is 0 Å². The number of rotatable bonds is 10. The second-order valence-electron chi connectivity index (χ2n) is 15.4. The van der Waals surface area contributed by atoms with Gasteiger partial charge in [0, 0.05) is 43.5 Å². The molecule has 1 unspecified atom stereocenters. The Morgan fingerprint density at radius 2 is 1.40 bits per heavy atom. The zero-order valence-corrected chi connectivity index (χ0v) is 37.9. The fourth-order valence-corrected chi connectivity index (χ4v) is 16.4. The van der Waals surface area contributed by atoms with Crippen LogP contribution in [-0.2, 0) is 32.6 Å². The summed E-state index contributed by atoms with van der Waals surface area (Å²) in [6.07, 6.45) is 4.87. The van der Waals surface area contributed by atoms with Gasteiger partial charge < -0.3 is 9.30 Å². The van der Waals surface area contributed by atoms with Gasteiger partial charge in [0.2, 0.25) is 0 Å². The Morgan fingerprint density at radius 1 is 0.750 bits per heavy atom. The molecule has 0 aliphatic carbocycles. The van der Waals surface area contributed by atoms with E-state index >= 15 is 0 Å². The van der Waals surface area contributed by atoms with Crippen LogP contribution in [0.25, 0.3) is 63.9 Å². The molecule has 0 N–H and O–H groups in total. The number of nitrogens with zero attached hydrogens (tertiary/aromatic N) is 1. The first-order chi connectivity index (χ1) is 24.9. The summed E-state index contributed by atoms with van der Waals surface area (Å²) < 4.78 is 11.5. The van der Waals surface area contributed by atoms with Gasteiger partial charge in [0.25, 0.3) is 0 Å². The van der Waals surface area contributed by atoms with Gasteiger partial charge in [-0.15, -0.1) is 45.4 Å². The van der Waals surface area contributed by atoms with E-state index in [1.807, 2.05) is 22.7 Å². The topological polar surface area (TPSA) is 14.2 Å². The van der Waals surface area contributed by atoms with Crippen LogP contribution in [0.4, 0.5) is 0 Å². The molecule has 5 aromatic carbocycles. The molecule has 0 aliphatic heterocycles. The molecule has 8 heteroatoms. The molecule has 0 amide bonds. The van der Waals surface area contributed by atoms with Gasteiger partial charge in [0.05, 0.1) is 5.60 Å². The van der Waals surface area contributed by atoms with Gasteiger partial charge >= 0.3 is 37.9 Å². The van der Waals surface area contributed by atoms with Gasteiger partial charge in [-0.1, -0.05) is 77.1 Å². The molecule has 0 aliphatic rings. The predicted octanol–water partition coefficient (Wildman–Crippen LogP) is 13.6. The first-order valence-corrected chi connectivity index (χ1v) is 29.0. The Hall–Kier alpha value is -2.02. The minimum atomic E-state index is -2.18. The van der Waals surface area contributed by atoms with Crippen LogP contribution in [0.5, 0.6) is 0 Å². The molecule has 268 valence electrons. The number of hydrogen-bond acceptors (Lipinski definition) is 3. The molecule has 8 aromatic rings. The van der Waals surface area contributed by atoms with Crippen molar-refractivity contribution in [1.29, 1.82) is 0 Å². The van der Waals surface area contributed by atoms with E-state index in [-0.39, 0.29) is 5.60 Å². The number of aryl methyl sites for hydroxylation is 3. The fourth-order valence-electron chi connectivity index (χ4n) is 8.42. The Balaban J connectivity index is 0.00000136. The maximum absolute atomic E-state index is 6.05. The molecule has 8 rings (SSSR count). The number of aromatic nitrogens is 1. The average molecular weight is 860 g/mol. The Kier molecular flexibility index (Phi) is 11.5. The molecule has 1 atom stereocenters. The second kappa shape index (κ2) is 15.6. The molecule has 2 nitrogen and oxygen atoms in total. The number of benzene rings is 3. The number of ether oxygens (including phenoxy) is 1. The molecule has 3 aromatic heterocycles. The van der Waals surface area contributed by atoms with Crippen molar-refractivity contribution in [1.82, 2.24) is 4.57 Å². The van der Waals surface area contributed by atoms with Gasteiger partial charge in [-0.05, 0) is 74.6 Å². The number of halogens is 2. The van der Waals surface area contributed by atoms with Crippen molar-refractivity contribution < 1.29 is 25.6 Å². The van der Waals surface area contributed by atoms with Crippen LogP contribution in [-0.4, -0.2) is 24.8 Å².